The highest BCUT2D eigenvalue weighted by Gasteiger charge is 2.23. The maximum Gasteiger partial charge on any atom is 0.0233 e. The summed E-state index contributed by atoms with van der Waals surface area (Å²) in [7, 11) is 0. The van der Waals surface area contributed by atoms with Crippen molar-refractivity contribution in [2.45, 2.75) is 51.9 Å². The summed E-state index contributed by atoms with van der Waals surface area (Å²) in [5, 5.41) is 0. The van der Waals surface area contributed by atoms with E-state index in [1.807, 2.05) is 0 Å². The molecule has 4 rings (SSSR count). The molecule has 2 saturated heterocycles. The van der Waals surface area contributed by atoms with Crippen LogP contribution in [0.25, 0.3) is 0 Å². The zero-order chi connectivity index (χ0) is 21.3. The van der Waals surface area contributed by atoms with E-state index in [-0.39, 0.29) is 0 Å². The van der Waals surface area contributed by atoms with Crippen molar-refractivity contribution >= 4 is 0 Å². The molecular weight excluding hydrogens is 368 g/mol. The van der Waals surface area contributed by atoms with Gasteiger partial charge in [-0.25, -0.2) is 0 Å². The summed E-state index contributed by atoms with van der Waals surface area (Å²) >= 11 is 0. The van der Waals surface area contributed by atoms with Crippen LogP contribution in [0.4, 0.5) is 0 Å². The summed E-state index contributed by atoms with van der Waals surface area (Å²) in [5.74, 6) is 1.25. The lowest BCUT2D eigenvalue weighted by Gasteiger charge is -2.35. The van der Waals surface area contributed by atoms with Crippen LogP contribution in [0.1, 0.15) is 37.8 Å². The second-order valence-electron chi connectivity index (χ2n) is 9.30. The SMILES string of the molecule is C[C@@H]1CN(Cc2ccccc2)CC[C@@H]1N.C[C@@H]1CN(Cc2ccccc2)CC[C@@H]1N. The molecular formula is C26H40N4. The molecule has 4 nitrogen and oxygen atoms in total. The van der Waals surface area contributed by atoms with Gasteiger partial charge in [0.1, 0.15) is 0 Å². The van der Waals surface area contributed by atoms with Crippen LogP contribution in [0.2, 0.25) is 0 Å². The quantitative estimate of drug-likeness (QED) is 0.810. The smallest absolute Gasteiger partial charge is 0.0233 e. The molecule has 4 atom stereocenters. The minimum Gasteiger partial charge on any atom is -0.327 e. The first-order chi connectivity index (χ1) is 14.5. The Bertz CT molecular complexity index is 657. The van der Waals surface area contributed by atoms with Crippen LogP contribution in [0.5, 0.6) is 0 Å². The standard InChI is InChI=1S/2C13H20N2/c2*1-11-9-15(8-7-13(11)14)10-12-5-3-2-4-6-12/h2*2-6,11,13H,7-10,14H2,1H3/t2*11-,13+/m11/s1. The van der Waals surface area contributed by atoms with Crippen molar-refractivity contribution in [3.8, 4) is 0 Å². The van der Waals surface area contributed by atoms with E-state index in [1.54, 1.807) is 0 Å². The number of likely N-dealkylation sites (tertiary alicyclic amines) is 2. The molecule has 2 aliphatic heterocycles. The maximum atomic E-state index is 6.01. The van der Waals surface area contributed by atoms with Gasteiger partial charge in [-0.2, -0.15) is 0 Å². The molecule has 0 radical (unpaired) electrons. The molecule has 0 aliphatic carbocycles. The normalized spacial score (nSPS) is 27.9. The Hall–Kier alpha value is -1.72. The Morgan fingerprint density at radius 3 is 1.37 bits per heavy atom. The van der Waals surface area contributed by atoms with Crippen molar-refractivity contribution in [2.24, 2.45) is 23.3 Å². The average molecular weight is 409 g/mol. The molecule has 2 fully saturated rings. The third-order valence-corrected chi connectivity index (χ3v) is 6.61. The van der Waals surface area contributed by atoms with E-state index >= 15 is 0 Å². The number of benzene rings is 2. The lowest BCUT2D eigenvalue weighted by Crippen LogP contribution is -2.45. The summed E-state index contributed by atoms with van der Waals surface area (Å²) in [4.78, 5) is 5.01. The third kappa shape index (κ3) is 7.21. The minimum atomic E-state index is 0.400. The number of hydrogen-bond donors (Lipinski definition) is 2. The number of piperidine rings is 2. The molecule has 2 aliphatic rings. The zero-order valence-corrected chi connectivity index (χ0v) is 18.8. The highest BCUT2D eigenvalue weighted by Crippen LogP contribution is 2.18. The van der Waals surface area contributed by atoms with Gasteiger partial charge in [0.15, 0.2) is 0 Å². The van der Waals surface area contributed by atoms with Crippen molar-refractivity contribution in [3.05, 3.63) is 71.8 Å². The maximum absolute atomic E-state index is 6.01. The summed E-state index contributed by atoms with van der Waals surface area (Å²) in [6, 6.07) is 22.1. The topological polar surface area (TPSA) is 58.5 Å². The van der Waals surface area contributed by atoms with Gasteiger partial charge in [-0.1, -0.05) is 74.5 Å². The number of nitrogens with zero attached hydrogens (tertiary/aromatic N) is 2. The molecule has 4 N–H and O–H groups in total. The van der Waals surface area contributed by atoms with Crippen LogP contribution in [-0.2, 0) is 13.1 Å². The first-order valence-electron chi connectivity index (χ1n) is 11.5. The van der Waals surface area contributed by atoms with Gasteiger partial charge >= 0.3 is 0 Å². The molecule has 0 aromatic heterocycles. The van der Waals surface area contributed by atoms with Gasteiger partial charge in [-0.3, -0.25) is 9.80 Å². The van der Waals surface area contributed by atoms with Crippen molar-refractivity contribution in [2.75, 3.05) is 26.2 Å². The van der Waals surface area contributed by atoms with Crippen molar-refractivity contribution in [1.29, 1.82) is 0 Å². The molecule has 0 spiro atoms. The summed E-state index contributed by atoms with van der Waals surface area (Å²) in [6.07, 6.45) is 2.27. The van der Waals surface area contributed by atoms with Crippen LogP contribution in [0.15, 0.2) is 60.7 Å². The monoisotopic (exact) mass is 408 g/mol. The highest BCUT2D eigenvalue weighted by atomic mass is 15.1. The van der Waals surface area contributed by atoms with Gasteiger partial charge in [-0.15, -0.1) is 0 Å². The third-order valence-electron chi connectivity index (χ3n) is 6.61. The molecule has 2 aromatic rings. The Labute approximate surface area is 183 Å². The predicted molar refractivity (Wildman–Crippen MR) is 127 cm³/mol. The van der Waals surface area contributed by atoms with E-state index in [4.69, 9.17) is 11.5 Å². The molecule has 2 heterocycles. The van der Waals surface area contributed by atoms with Crippen LogP contribution in [0.3, 0.4) is 0 Å². The Morgan fingerprint density at radius 2 is 1.03 bits per heavy atom. The van der Waals surface area contributed by atoms with E-state index < -0.39 is 0 Å². The largest absolute Gasteiger partial charge is 0.327 e. The van der Waals surface area contributed by atoms with E-state index in [0.29, 0.717) is 23.9 Å². The molecule has 4 heteroatoms. The molecule has 2 aromatic carbocycles. The van der Waals surface area contributed by atoms with Gasteiger partial charge in [0.25, 0.3) is 0 Å². The average Bonchev–Trinajstić information content (AvgIpc) is 2.75. The van der Waals surface area contributed by atoms with E-state index in [9.17, 15) is 0 Å². The van der Waals surface area contributed by atoms with Crippen molar-refractivity contribution < 1.29 is 0 Å². The Morgan fingerprint density at radius 1 is 0.667 bits per heavy atom. The Kier molecular flexibility index (Phi) is 8.88. The number of hydrogen-bond acceptors (Lipinski definition) is 4. The summed E-state index contributed by atoms with van der Waals surface area (Å²) < 4.78 is 0. The summed E-state index contributed by atoms with van der Waals surface area (Å²) in [5.41, 5.74) is 14.8. The van der Waals surface area contributed by atoms with Gasteiger partial charge < -0.3 is 11.5 Å². The van der Waals surface area contributed by atoms with Gasteiger partial charge in [0.05, 0.1) is 0 Å². The fraction of sp³-hybridized carbons (Fsp3) is 0.538. The first-order valence-corrected chi connectivity index (χ1v) is 11.5. The second-order valence-corrected chi connectivity index (χ2v) is 9.30. The molecule has 164 valence electrons. The molecule has 0 unspecified atom stereocenters. The van der Waals surface area contributed by atoms with Gasteiger partial charge in [-0.05, 0) is 48.9 Å². The van der Waals surface area contributed by atoms with E-state index in [0.717, 1.165) is 52.1 Å². The van der Waals surface area contributed by atoms with Crippen molar-refractivity contribution in [3.63, 3.8) is 0 Å². The summed E-state index contributed by atoms with van der Waals surface area (Å²) in [6.45, 7) is 11.2. The minimum absolute atomic E-state index is 0.400. The van der Waals surface area contributed by atoms with E-state index in [1.165, 1.54) is 11.1 Å². The lowest BCUT2D eigenvalue weighted by molar-refractivity contribution is 0.158. The number of rotatable bonds is 4. The zero-order valence-electron chi connectivity index (χ0n) is 18.8. The fourth-order valence-electron chi connectivity index (χ4n) is 4.47. The molecule has 0 amide bonds. The highest BCUT2D eigenvalue weighted by molar-refractivity contribution is 5.15. The molecule has 0 bridgehead atoms. The van der Waals surface area contributed by atoms with Crippen molar-refractivity contribution in [1.82, 2.24) is 9.80 Å². The van der Waals surface area contributed by atoms with Crippen LogP contribution < -0.4 is 11.5 Å². The molecule has 0 saturated carbocycles. The Balaban J connectivity index is 0.000000171. The number of nitrogens with two attached hydrogens (primary N) is 2. The van der Waals surface area contributed by atoms with Gasteiger partial charge in [0.2, 0.25) is 0 Å². The van der Waals surface area contributed by atoms with E-state index in [2.05, 4.69) is 84.3 Å². The lowest BCUT2D eigenvalue weighted by atomic mass is 9.94. The predicted octanol–water partition coefficient (Wildman–Crippen LogP) is 3.71. The first kappa shape index (κ1) is 23.0. The second kappa shape index (κ2) is 11.6. The molecule has 30 heavy (non-hydrogen) atoms. The van der Waals surface area contributed by atoms with Crippen LogP contribution in [0, 0.1) is 11.8 Å². The van der Waals surface area contributed by atoms with Crippen LogP contribution >= 0.6 is 0 Å². The fourth-order valence-corrected chi connectivity index (χ4v) is 4.47. The van der Waals surface area contributed by atoms with Crippen LogP contribution in [-0.4, -0.2) is 48.1 Å². The van der Waals surface area contributed by atoms with Gasteiger partial charge in [0, 0.05) is 38.3 Å².